The van der Waals surface area contributed by atoms with Gasteiger partial charge in [-0.15, -0.1) is 0 Å². The van der Waals surface area contributed by atoms with Crippen molar-refractivity contribution in [1.29, 1.82) is 0 Å². The van der Waals surface area contributed by atoms with Gasteiger partial charge in [-0.3, -0.25) is 0 Å². The number of nitrogens with zero attached hydrogens (tertiary/aromatic N) is 2. The lowest BCUT2D eigenvalue weighted by Gasteiger charge is -2.29. The van der Waals surface area contributed by atoms with Crippen LogP contribution in [0.4, 0.5) is 34.1 Å². The minimum atomic E-state index is 0.660. The van der Waals surface area contributed by atoms with Gasteiger partial charge in [0, 0.05) is 34.1 Å². The minimum absolute atomic E-state index is 0.660. The number of hydrogen-bond acceptors (Lipinski definition) is 2. The summed E-state index contributed by atoms with van der Waals surface area (Å²) < 4.78 is 0. The van der Waals surface area contributed by atoms with E-state index in [1.165, 1.54) is 153 Å². The summed E-state index contributed by atoms with van der Waals surface area (Å²) in [5, 5.41) is 4.97. The second kappa shape index (κ2) is 19.0. The molecule has 0 atom stereocenters. The van der Waals surface area contributed by atoms with Crippen LogP contribution in [0, 0.1) is 27.7 Å². The average molecular weight is 885 g/mol. The summed E-state index contributed by atoms with van der Waals surface area (Å²) in [6.45, 7) is 8.72. The van der Waals surface area contributed by atoms with Gasteiger partial charge in [0.05, 0.1) is 0 Å². The normalized spacial score (nSPS) is 14.6. The minimum Gasteiger partial charge on any atom is -0.310 e. The number of aryl methyl sites for hydroxylation is 4. The molecule has 0 saturated heterocycles. The van der Waals surface area contributed by atoms with Crippen LogP contribution in [0.2, 0.25) is 0 Å². The van der Waals surface area contributed by atoms with E-state index in [9.17, 15) is 0 Å². The van der Waals surface area contributed by atoms with Crippen molar-refractivity contribution in [1.82, 2.24) is 0 Å². The highest BCUT2D eigenvalue weighted by molar-refractivity contribution is 6.22. The van der Waals surface area contributed by atoms with Gasteiger partial charge in [0.25, 0.3) is 0 Å². The van der Waals surface area contributed by atoms with Gasteiger partial charge in [0.1, 0.15) is 0 Å². The van der Waals surface area contributed by atoms with Crippen molar-refractivity contribution < 1.29 is 0 Å². The molecule has 2 heteroatoms. The summed E-state index contributed by atoms with van der Waals surface area (Å²) in [4.78, 5) is 4.92. The van der Waals surface area contributed by atoms with Gasteiger partial charge in [0.15, 0.2) is 0 Å². The Morgan fingerprint density at radius 3 is 0.882 bits per heavy atom. The molecule has 0 N–H and O–H groups in total. The van der Waals surface area contributed by atoms with E-state index >= 15 is 0 Å². The molecule has 9 aromatic rings. The molecule has 0 amide bonds. The predicted molar refractivity (Wildman–Crippen MR) is 292 cm³/mol. The Hall–Kier alpha value is -6.90. The molecule has 0 heterocycles. The molecule has 0 unspecified atom stereocenters. The molecule has 0 aliphatic heterocycles. The fourth-order valence-corrected chi connectivity index (χ4v) is 11.5. The fourth-order valence-electron chi connectivity index (χ4n) is 11.5. The summed E-state index contributed by atoms with van der Waals surface area (Å²) in [6, 6.07) is 69.9. The van der Waals surface area contributed by atoms with Crippen molar-refractivity contribution in [2.24, 2.45) is 0 Å². The lowest BCUT2D eigenvalue weighted by Crippen LogP contribution is -2.11. The van der Waals surface area contributed by atoms with Crippen LogP contribution in [-0.4, -0.2) is 0 Å². The van der Waals surface area contributed by atoms with Crippen LogP contribution in [0.5, 0.6) is 0 Å². The lowest BCUT2D eigenvalue weighted by atomic mass is 9.84. The molecule has 2 aliphatic rings. The van der Waals surface area contributed by atoms with Gasteiger partial charge in [-0.1, -0.05) is 170 Å². The van der Waals surface area contributed by atoms with Gasteiger partial charge in [-0.05, 0) is 193 Å². The van der Waals surface area contributed by atoms with Crippen LogP contribution in [0.15, 0.2) is 182 Å². The van der Waals surface area contributed by atoms with Crippen molar-refractivity contribution in [2.75, 3.05) is 9.80 Å². The number of fused-ring (bicyclic) bond motifs is 2. The summed E-state index contributed by atoms with van der Waals surface area (Å²) >= 11 is 0. The van der Waals surface area contributed by atoms with Crippen molar-refractivity contribution in [3.63, 3.8) is 0 Å². The third kappa shape index (κ3) is 8.74. The zero-order valence-electron chi connectivity index (χ0n) is 40.4. The Bertz CT molecular complexity index is 2950. The molecule has 9 aromatic carbocycles. The first-order chi connectivity index (χ1) is 33.3. The molecule has 0 bridgehead atoms. The predicted octanol–water partition coefficient (Wildman–Crippen LogP) is 19.6. The van der Waals surface area contributed by atoms with Crippen LogP contribution in [0.1, 0.15) is 109 Å². The number of rotatable bonds is 10. The summed E-state index contributed by atoms with van der Waals surface area (Å²) in [5.41, 5.74) is 19.9. The van der Waals surface area contributed by atoms with E-state index in [0.717, 1.165) is 22.7 Å². The third-order valence-corrected chi connectivity index (χ3v) is 15.3. The van der Waals surface area contributed by atoms with Gasteiger partial charge >= 0.3 is 0 Å². The van der Waals surface area contributed by atoms with E-state index in [1.807, 2.05) is 0 Å². The number of anilines is 6. The smallest absolute Gasteiger partial charge is 0.0468 e. The number of benzene rings is 9. The monoisotopic (exact) mass is 885 g/mol. The van der Waals surface area contributed by atoms with Crippen molar-refractivity contribution in [3.8, 4) is 22.3 Å². The molecule has 338 valence electrons. The van der Waals surface area contributed by atoms with E-state index in [0.29, 0.717) is 11.8 Å². The molecule has 2 aliphatic carbocycles. The Morgan fingerprint density at radius 2 is 0.559 bits per heavy atom. The highest BCUT2D eigenvalue weighted by Gasteiger charge is 2.24. The summed E-state index contributed by atoms with van der Waals surface area (Å²) in [6.07, 6.45) is 13.3. The van der Waals surface area contributed by atoms with E-state index in [2.05, 4.69) is 219 Å². The van der Waals surface area contributed by atoms with Gasteiger partial charge in [0.2, 0.25) is 0 Å². The van der Waals surface area contributed by atoms with E-state index in [4.69, 9.17) is 0 Å². The van der Waals surface area contributed by atoms with Gasteiger partial charge in [-0.25, -0.2) is 0 Å². The van der Waals surface area contributed by atoms with Crippen molar-refractivity contribution in [3.05, 3.63) is 215 Å². The molecule has 0 radical (unpaired) electrons. The van der Waals surface area contributed by atoms with Crippen LogP contribution in [0.3, 0.4) is 0 Å². The molecular formula is C66H64N2. The molecular weight excluding hydrogens is 821 g/mol. The first-order valence-electron chi connectivity index (χ1n) is 25.5. The molecule has 0 aromatic heterocycles. The van der Waals surface area contributed by atoms with E-state index in [1.54, 1.807) is 0 Å². The first kappa shape index (κ1) is 43.7. The Morgan fingerprint density at radius 1 is 0.279 bits per heavy atom. The SMILES string of the molecule is Cc1ccc(-c2c3ccc(N(c4ccc(C)cc4)c4ccc(C5CCCCC5)cc4)cc3c(-c3ccc(C)cc3)c3ccc(N(c4ccc(C)cc4)c4ccc(C5CCCCC5)cc4)cc23)cc1. The van der Waals surface area contributed by atoms with Crippen LogP contribution in [-0.2, 0) is 0 Å². The van der Waals surface area contributed by atoms with Gasteiger partial charge < -0.3 is 9.80 Å². The van der Waals surface area contributed by atoms with Crippen LogP contribution >= 0.6 is 0 Å². The zero-order valence-corrected chi connectivity index (χ0v) is 40.4. The van der Waals surface area contributed by atoms with E-state index < -0.39 is 0 Å². The Labute approximate surface area is 404 Å². The lowest BCUT2D eigenvalue weighted by molar-refractivity contribution is 0.443. The van der Waals surface area contributed by atoms with Gasteiger partial charge in [-0.2, -0.15) is 0 Å². The van der Waals surface area contributed by atoms with Crippen LogP contribution < -0.4 is 9.80 Å². The molecule has 68 heavy (non-hydrogen) atoms. The van der Waals surface area contributed by atoms with Crippen molar-refractivity contribution in [2.45, 2.75) is 104 Å². The number of hydrogen-bond donors (Lipinski definition) is 0. The molecule has 2 fully saturated rings. The topological polar surface area (TPSA) is 6.48 Å². The Kier molecular flexibility index (Phi) is 12.2. The maximum atomic E-state index is 2.47. The first-order valence-corrected chi connectivity index (χ1v) is 25.5. The fraction of sp³-hybridized carbons (Fsp3) is 0.242. The average Bonchev–Trinajstić information content (AvgIpc) is 3.38. The second-order valence-corrected chi connectivity index (χ2v) is 20.1. The second-order valence-electron chi connectivity index (χ2n) is 20.1. The van der Waals surface area contributed by atoms with Crippen molar-refractivity contribution >= 4 is 55.7 Å². The maximum absolute atomic E-state index is 2.47. The summed E-state index contributed by atoms with van der Waals surface area (Å²) in [7, 11) is 0. The largest absolute Gasteiger partial charge is 0.310 e. The molecule has 2 saturated carbocycles. The van der Waals surface area contributed by atoms with Crippen LogP contribution in [0.25, 0.3) is 43.8 Å². The highest BCUT2D eigenvalue weighted by atomic mass is 15.1. The Balaban J connectivity index is 1.14. The summed E-state index contributed by atoms with van der Waals surface area (Å²) in [5.74, 6) is 1.32. The van der Waals surface area contributed by atoms with E-state index in [-0.39, 0.29) is 0 Å². The quantitative estimate of drug-likeness (QED) is 0.126. The molecule has 11 rings (SSSR count). The molecule has 0 spiro atoms. The standard InChI is InChI=1S/C66H64N2/c1-45-15-23-53(24-16-45)65-61-41-39-60(68(56-33-21-48(4)22-34-56)58-37-29-52(30-38-58)50-13-9-6-10-14-50)44-64(61)66(54-25-17-46(2)18-26-54)62-42-40-59(43-63(62)65)67(55-31-19-47(3)20-32-55)57-35-27-51(28-36-57)49-11-7-5-8-12-49/h15-44,49-50H,5-14H2,1-4H3. The highest BCUT2D eigenvalue weighted by Crippen LogP contribution is 2.49. The zero-order chi connectivity index (χ0) is 46.1. The third-order valence-electron chi connectivity index (χ3n) is 15.3. The maximum Gasteiger partial charge on any atom is 0.0468 e. The molecule has 2 nitrogen and oxygen atoms in total.